The van der Waals surface area contributed by atoms with Gasteiger partial charge in [0.2, 0.25) is 0 Å². The molecule has 0 saturated carbocycles. The van der Waals surface area contributed by atoms with Crippen molar-refractivity contribution in [2.75, 3.05) is 7.11 Å². The number of pyridine rings is 1. The maximum atomic E-state index is 14.9. The Bertz CT molecular complexity index is 1680. The number of carboxylic acid groups (broad SMARTS) is 1. The number of ether oxygens (including phenoxy) is 1. The molecule has 0 aliphatic rings. The maximum Gasteiger partial charge on any atom is 0.490 e. The molecular weight excluding hydrogens is 603 g/mol. The van der Waals surface area contributed by atoms with E-state index in [0.29, 0.717) is 5.56 Å². The summed E-state index contributed by atoms with van der Waals surface area (Å²) < 4.78 is 95.0. The van der Waals surface area contributed by atoms with E-state index in [1.165, 1.54) is 26.3 Å². The normalized spacial score (nSPS) is 13.1. The second kappa shape index (κ2) is 13.3. The third kappa shape index (κ3) is 7.92. The number of aryl methyl sites for hydroxylation is 2. The van der Waals surface area contributed by atoms with E-state index < -0.39 is 56.4 Å². The van der Waals surface area contributed by atoms with Crippen molar-refractivity contribution in [1.82, 2.24) is 29.7 Å². The summed E-state index contributed by atoms with van der Waals surface area (Å²) >= 11 is 0. The minimum absolute atomic E-state index is 0.0539. The number of halogens is 5. The Morgan fingerprint density at radius 3 is 2.12 bits per heavy atom. The molecule has 0 aliphatic carbocycles. The Kier molecular flexibility index (Phi) is 10.2. The molecule has 1 N–H and O–H groups in total. The van der Waals surface area contributed by atoms with Gasteiger partial charge in [0.1, 0.15) is 29.2 Å². The van der Waals surface area contributed by atoms with Gasteiger partial charge in [-0.2, -0.15) is 13.2 Å². The number of rotatable bonds is 8. The second-order valence-electron chi connectivity index (χ2n) is 9.19. The number of methoxy groups -OCH3 is 1. The van der Waals surface area contributed by atoms with Gasteiger partial charge in [0.25, 0.3) is 0 Å². The molecule has 230 valence electrons. The number of hydrogen-bond acceptors (Lipinski definition) is 9. The number of carboxylic acids is 1. The summed E-state index contributed by atoms with van der Waals surface area (Å²) in [6, 6.07) is 5.08. The Morgan fingerprint density at radius 2 is 1.60 bits per heavy atom. The van der Waals surface area contributed by atoms with Crippen molar-refractivity contribution in [2.24, 2.45) is 0 Å². The first kappa shape index (κ1) is 33.1. The topological polar surface area (TPSA) is 150 Å². The molecule has 1 aromatic carbocycles. The van der Waals surface area contributed by atoms with Crippen LogP contribution in [-0.4, -0.2) is 67.7 Å². The number of para-hydroxylation sites is 1. The van der Waals surface area contributed by atoms with Gasteiger partial charge in [0, 0.05) is 37.5 Å². The van der Waals surface area contributed by atoms with Crippen LogP contribution in [0.4, 0.5) is 22.0 Å². The van der Waals surface area contributed by atoms with Crippen molar-refractivity contribution in [3.63, 3.8) is 0 Å². The van der Waals surface area contributed by atoms with E-state index in [0.717, 1.165) is 27.8 Å². The zero-order valence-corrected chi connectivity index (χ0v) is 23.9. The highest BCUT2D eigenvalue weighted by atomic mass is 32.2. The summed E-state index contributed by atoms with van der Waals surface area (Å²) in [5, 5.41) is 14.1. The highest BCUT2D eigenvalue weighted by Gasteiger charge is 2.38. The van der Waals surface area contributed by atoms with Crippen LogP contribution >= 0.6 is 0 Å². The minimum atomic E-state index is -5.08. The van der Waals surface area contributed by atoms with Crippen LogP contribution < -0.4 is 0 Å². The average molecular weight is 629 g/mol. The summed E-state index contributed by atoms with van der Waals surface area (Å²) in [5.41, 5.74) is 1.52. The Morgan fingerprint density at radius 1 is 1.02 bits per heavy atom. The first-order valence-electron chi connectivity index (χ1n) is 12.2. The van der Waals surface area contributed by atoms with Crippen molar-refractivity contribution in [2.45, 2.75) is 44.1 Å². The highest BCUT2D eigenvalue weighted by molar-refractivity contribution is 7.91. The smallest absolute Gasteiger partial charge is 0.475 e. The van der Waals surface area contributed by atoms with Crippen molar-refractivity contribution < 1.29 is 45.0 Å². The van der Waals surface area contributed by atoms with Crippen LogP contribution in [0.3, 0.4) is 0 Å². The fourth-order valence-corrected chi connectivity index (χ4v) is 5.19. The van der Waals surface area contributed by atoms with Crippen molar-refractivity contribution in [3.05, 3.63) is 83.5 Å². The van der Waals surface area contributed by atoms with Crippen LogP contribution in [0.1, 0.15) is 35.8 Å². The molecule has 0 amide bonds. The molecule has 0 radical (unpaired) electrons. The van der Waals surface area contributed by atoms with Gasteiger partial charge in [-0.15, -0.1) is 10.2 Å². The number of nitrogens with zero attached hydrogens (tertiary/aromatic N) is 6. The van der Waals surface area contributed by atoms with E-state index in [9.17, 15) is 30.4 Å². The fraction of sp³-hybridized carbons (Fsp3) is 0.308. The van der Waals surface area contributed by atoms with Crippen LogP contribution in [0, 0.1) is 25.5 Å². The number of benzene rings is 1. The molecule has 3 heterocycles. The number of alkyl halides is 3. The van der Waals surface area contributed by atoms with Gasteiger partial charge in [-0.05, 0) is 50.1 Å². The van der Waals surface area contributed by atoms with Gasteiger partial charge in [-0.3, -0.25) is 9.55 Å². The van der Waals surface area contributed by atoms with Gasteiger partial charge in [0.15, 0.2) is 27.3 Å². The first-order chi connectivity index (χ1) is 20.1. The molecule has 0 unspecified atom stereocenters. The summed E-state index contributed by atoms with van der Waals surface area (Å²) in [5.74, 6) is -5.13. The molecule has 0 aliphatic heterocycles. The summed E-state index contributed by atoms with van der Waals surface area (Å²) in [6.07, 6.45) is 0.139. The van der Waals surface area contributed by atoms with Gasteiger partial charge >= 0.3 is 12.1 Å². The Labute approximate surface area is 242 Å². The van der Waals surface area contributed by atoms with Crippen LogP contribution in [0.5, 0.6) is 0 Å². The number of aromatic nitrogens is 6. The summed E-state index contributed by atoms with van der Waals surface area (Å²) in [7, 11) is -2.64. The standard InChI is InChI=1S/C24H24F2N6O3S.C2HF3O2/c1-14-8-17(12-27-9-14)24-31-30-20(32(24)21-18(25)6-5-7-19(21)26)13-36(33,34)16(3)22(35-4)23-28-10-15(2)11-29-23;3-2(4,5)1(6)7/h5-12,16,22H,13H2,1-4H3;(H,6,7)/t16-,22-;/m0./s1. The predicted octanol–water partition coefficient (Wildman–Crippen LogP) is 4.34. The lowest BCUT2D eigenvalue weighted by atomic mass is 10.2. The van der Waals surface area contributed by atoms with E-state index in [4.69, 9.17) is 14.6 Å². The minimum Gasteiger partial charge on any atom is -0.475 e. The highest BCUT2D eigenvalue weighted by Crippen LogP contribution is 2.30. The lowest BCUT2D eigenvalue weighted by Crippen LogP contribution is -2.30. The second-order valence-corrected chi connectivity index (χ2v) is 11.5. The molecule has 17 heteroatoms. The van der Waals surface area contributed by atoms with Gasteiger partial charge < -0.3 is 9.84 Å². The number of sulfone groups is 1. The Hall–Kier alpha value is -4.38. The summed E-state index contributed by atoms with van der Waals surface area (Å²) in [4.78, 5) is 21.4. The van der Waals surface area contributed by atoms with Crippen LogP contribution in [-0.2, 0) is 25.1 Å². The quantitative estimate of drug-likeness (QED) is 0.279. The van der Waals surface area contributed by atoms with E-state index in [-0.39, 0.29) is 17.5 Å². The van der Waals surface area contributed by atoms with Crippen molar-refractivity contribution in [1.29, 1.82) is 0 Å². The molecule has 43 heavy (non-hydrogen) atoms. The van der Waals surface area contributed by atoms with Crippen molar-refractivity contribution >= 4 is 15.8 Å². The third-order valence-electron chi connectivity index (χ3n) is 5.90. The summed E-state index contributed by atoms with van der Waals surface area (Å²) in [6.45, 7) is 5.07. The third-order valence-corrected chi connectivity index (χ3v) is 7.94. The van der Waals surface area contributed by atoms with E-state index in [2.05, 4.69) is 25.1 Å². The molecule has 0 bridgehead atoms. The number of hydrogen-bond donors (Lipinski definition) is 1. The zero-order valence-electron chi connectivity index (χ0n) is 23.0. The SMILES string of the molecule is CO[C@H](c1ncc(C)cn1)[C@H](C)S(=O)(=O)Cc1nnc(-c2cncc(C)c2)n1-c1c(F)cccc1F.O=C(O)C(F)(F)F. The van der Waals surface area contributed by atoms with E-state index in [1.54, 1.807) is 31.6 Å². The molecule has 4 rings (SSSR count). The fourth-order valence-electron chi connectivity index (χ4n) is 3.77. The molecule has 11 nitrogen and oxygen atoms in total. The first-order valence-corrected chi connectivity index (χ1v) is 13.9. The maximum absolute atomic E-state index is 14.9. The van der Waals surface area contributed by atoms with E-state index >= 15 is 0 Å². The molecule has 3 aromatic heterocycles. The van der Waals surface area contributed by atoms with Gasteiger partial charge in [0.05, 0.1) is 5.25 Å². The average Bonchev–Trinajstić information content (AvgIpc) is 3.32. The van der Waals surface area contributed by atoms with Gasteiger partial charge in [-0.25, -0.2) is 32.0 Å². The number of carbonyl (C=O) groups is 1. The van der Waals surface area contributed by atoms with Crippen LogP contribution in [0.25, 0.3) is 17.1 Å². The molecule has 2 atom stereocenters. The number of aliphatic carboxylic acids is 1. The lowest BCUT2D eigenvalue weighted by molar-refractivity contribution is -0.192. The predicted molar refractivity (Wildman–Crippen MR) is 142 cm³/mol. The van der Waals surface area contributed by atoms with Crippen molar-refractivity contribution in [3.8, 4) is 17.1 Å². The molecule has 0 fully saturated rings. The zero-order chi connectivity index (χ0) is 32.1. The molecule has 0 spiro atoms. The van der Waals surface area contributed by atoms with Crippen LogP contribution in [0.2, 0.25) is 0 Å². The molecule has 4 aromatic rings. The largest absolute Gasteiger partial charge is 0.490 e. The molecular formula is C26H25F5N6O5S. The monoisotopic (exact) mass is 628 g/mol. The Balaban J connectivity index is 0.000000646. The van der Waals surface area contributed by atoms with E-state index in [1.807, 2.05) is 6.92 Å². The van der Waals surface area contributed by atoms with Gasteiger partial charge in [-0.1, -0.05) is 6.07 Å². The van der Waals surface area contributed by atoms with Crippen LogP contribution in [0.15, 0.2) is 49.1 Å². The lowest BCUT2D eigenvalue weighted by Gasteiger charge is -2.22. The molecule has 0 saturated heterocycles.